The fraction of sp³-hybridized carbons (Fsp3) is 0.0909. The molecular formula is C22H18BrN5O2. The summed E-state index contributed by atoms with van der Waals surface area (Å²) in [5.74, 6) is 1.01. The second kappa shape index (κ2) is 8.87. The smallest absolute Gasteiger partial charge is 0.260 e. The van der Waals surface area contributed by atoms with Crippen molar-refractivity contribution < 1.29 is 9.53 Å². The van der Waals surface area contributed by atoms with Crippen molar-refractivity contribution in [1.82, 2.24) is 20.0 Å². The van der Waals surface area contributed by atoms with E-state index in [0.29, 0.717) is 17.3 Å². The third kappa shape index (κ3) is 4.23. The van der Waals surface area contributed by atoms with E-state index in [-0.39, 0.29) is 12.5 Å². The maximum atomic E-state index is 12.6. The Kier molecular flexibility index (Phi) is 5.85. The Bertz CT molecular complexity index is 1220. The molecule has 1 N–H and O–H groups in total. The number of fused-ring (bicyclic) bond motifs is 1. The van der Waals surface area contributed by atoms with Gasteiger partial charge in [0.15, 0.2) is 5.82 Å². The molecule has 7 nitrogen and oxygen atoms in total. The fourth-order valence-electron chi connectivity index (χ4n) is 3.09. The van der Waals surface area contributed by atoms with E-state index in [1.165, 1.54) is 0 Å². The number of halogens is 1. The molecule has 0 unspecified atom stereocenters. The number of para-hydroxylation sites is 2. The number of nitrogens with one attached hydrogen (secondary N) is 1. The summed E-state index contributed by atoms with van der Waals surface area (Å²) < 4.78 is 8.04. The molecule has 0 atom stereocenters. The van der Waals surface area contributed by atoms with E-state index in [1.54, 1.807) is 19.5 Å². The van der Waals surface area contributed by atoms with Crippen LogP contribution in [0.25, 0.3) is 22.6 Å². The zero-order chi connectivity index (χ0) is 20.9. The Morgan fingerprint density at radius 2 is 2.03 bits per heavy atom. The van der Waals surface area contributed by atoms with Gasteiger partial charge < -0.3 is 9.30 Å². The number of amides is 1. The van der Waals surface area contributed by atoms with Gasteiger partial charge in [-0.05, 0) is 42.5 Å². The van der Waals surface area contributed by atoms with Crippen molar-refractivity contribution in [2.75, 3.05) is 7.11 Å². The third-order valence-electron chi connectivity index (χ3n) is 4.43. The van der Waals surface area contributed by atoms with Crippen LogP contribution in [0.15, 0.2) is 76.4 Å². The zero-order valence-corrected chi connectivity index (χ0v) is 17.7. The van der Waals surface area contributed by atoms with Crippen molar-refractivity contribution in [3.05, 3.63) is 76.9 Å². The van der Waals surface area contributed by atoms with Crippen LogP contribution in [0.3, 0.4) is 0 Å². The first-order valence-electron chi connectivity index (χ1n) is 9.18. The topological polar surface area (TPSA) is 81.4 Å². The maximum absolute atomic E-state index is 12.6. The maximum Gasteiger partial charge on any atom is 0.260 e. The summed E-state index contributed by atoms with van der Waals surface area (Å²) in [6, 6.07) is 18.8. The lowest BCUT2D eigenvalue weighted by Crippen LogP contribution is -2.23. The molecular weight excluding hydrogens is 446 g/mol. The number of ether oxygens (including phenoxy) is 1. The summed E-state index contributed by atoms with van der Waals surface area (Å²) in [6.07, 6.45) is 3.25. The van der Waals surface area contributed by atoms with E-state index in [2.05, 4.69) is 36.4 Å². The molecule has 2 aromatic carbocycles. The Labute approximate surface area is 181 Å². The van der Waals surface area contributed by atoms with E-state index in [1.807, 2.05) is 65.2 Å². The number of methoxy groups -OCH3 is 1. The van der Waals surface area contributed by atoms with Gasteiger partial charge in [-0.2, -0.15) is 5.10 Å². The van der Waals surface area contributed by atoms with E-state index >= 15 is 0 Å². The number of carbonyl (C=O) groups is 1. The molecule has 0 aliphatic rings. The summed E-state index contributed by atoms with van der Waals surface area (Å²) in [5, 5.41) is 4.08. The predicted octanol–water partition coefficient (Wildman–Crippen LogP) is 4.02. The van der Waals surface area contributed by atoms with Gasteiger partial charge >= 0.3 is 0 Å². The molecule has 1 amide bonds. The minimum atomic E-state index is -0.277. The van der Waals surface area contributed by atoms with Gasteiger partial charge in [0, 0.05) is 16.2 Å². The van der Waals surface area contributed by atoms with E-state index in [4.69, 9.17) is 4.74 Å². The molecule has 2 aromatic heterocycles. The van der Waals surface area contributed by atoms with E-state index in [9.17, 15) is 4.79 Å². The van der Waals surface area contributed by atoms with Crippen LogP contribution in [0.1, 0.15) is 5.56 Å². The second-order valence-corrected chi connectivity index (χ2v) is 7.32. The highest BCUT2D eigenvalue weighted by Gasteiger charge is 2.15. The highest BCUT2D eigenvalue weighted by atomic mass is 79.9. The molecule has 0 radical (unpaired) electrons. The van der Waals surface area contributed by atoms with Crippen LogP contribution in [0, 0.1) is 0 Å². The summed E-state index contributed by atoms with van der Waals surface area (Å²) in [7, 11) is 1.59. The van der Waals surface area contributed by atoms with Crippen LogP contribution in [-0.2, 0) is 11.3 Å². The lowest BCUT2D eigenvalue weighted by molar-refractivity contribution is -0.121. The summed E-state index contributed by atoms with van der Waals surface area (Å²) in [5.41, 5.74) is 5.67. The lowest BCUT2D eigenvalue weighted by atomic mass is 10.2. The SMILES string of the molecule is COc1ccc(Br)cc1C=NNC(=O)Cn1c(-c2ccccn2)nc2ccccc21. The highest BCUT2D eigenvalue weighted by Crippen LogP contribution is 2.23. The number of hydrazone groups is 1. The first-order valence-corrected chi connectivity index (χ1v) is 9.97. The molecule has 8 heteroatoms. The fourth-order valence-corrected chi connectivity index (χ4v) is 3.46. The van der Waals surface area contributed by atoms with Crippen LogP contribution in [0.2, 0.25) is 0 Å². The number of hydrogen-bond donors (Lipinski definition) is 1. The summed E-state index contributed by atoms with van der Waals surface area (Å²) in [6.45, 7) is 0.0549. The quantitative estimate of drug-likeness (QED) is 0.345. The van der Waals surface area contributed by atoms with Crippen molar-refractivity contribution in [3.63, 3.8) is 0 Å². The predicted molar refractivity (Wildman–Crippen MR) is 119 cm³/mol. The molecule has 0 bridgehead atoms. The first kappa shape index (κ1) is 19.8. The lowest BCUT2D eigenvalue weighted by Gasteiger charge is -2.08. The van der Waals surface area contributed by atoms with Crippen LogP contribution in [0.4, 0.5) is 0 Å². The van der Waals surface area contributed by atoms with Crippen molar-refractivity contribution in [2.45, 2.75) is 6.54 Å². The Balaban J connectivity index is 1.57. The number of imidazole rings is 1. The van der Waals surface area contributed by atoms with Gasteiger partial charge in [-0.25, -0.2) is 10.4 Å². The van der Waals surface area contributed by atoms with Crippen molar-refractivity contribution >= 4 is 39.1 Å². The van der Waals surface area contributed by atoms with E-state index in [0.717, 1.165) is 21.1 Å². The molecule has 2 heterocycles. The van der Waals surface area contributed by atoms with Crippen molar-refractivity contribution in [2.24, 2.45) is 5.10 Å². The van der Waals surface area contributed by atoms with Crippen LogP contribution < -0.4 is 10.2 Å². The zero-order valence-electron chi connectivity index (χ0n) is 16.1. The van der Waals surface area contributed by atoms with Gasteiger partial charge in [0.05, 0.1) is 24.4 Å². The average Bonchev–Trinajstić information content (AvgIpc) is 3.13. The monoisotopic (exact) mass is 463 g/mol. The molecule has 0 spiro atoms. The number of benzene rings is 2. The van der Waals surface area contributed by atoms with Crippen LogP contribution >= 0.6 is 15.9 Å². The Hall–Kier alpha value is -3.52. The molecule has 0 aliphatic carbocycles. The molecule has 0 fully saturated rings. The molecule has 4 aromatic rings. The van der Waals surface area contributed by atoms with E-state index < -0.39 is 0 Å². The first-order chi connectivity index (χ1) is 14.7. The second-order valence-electron chi connectivity index (χ2n) is 6.40. The number of hydrogen-bond acceptors (Lipinski definition) is 5. The summed E-state index contributed by atoms with van der Waals surface area (Å²) >= 11 is 3.42. The van der Waals surface area contributed by atoms with Gasteiger partial charge in [0.1, 0.15) is 18.0 Å². The van der Waals surface area contributed by atoms with Crippen molar-refractivity contribution in [1.29, 1.82) is 0 Å². The Morgan fingerprint density at radius 1 is 1.20 bits per heavy atom. The molecule has 4 rings (SSSR count). The van der Waals surface area contributed by atoms with Gasteiger partial charge in [-0.1, -0.05) is 34.1 Å². The van der Waals surface area contributed by atoms with Crippen molar-refractivity contribution in [3.8, 4) is 17.3 Å². The van der Waals surface area contributed by atoms with Gasteiger partial charge in [-0.15, -0.1) is 0 Å². The van der Waals surface area contributed by atoms with Crippen LogP contribution in [-0.4, -0.2) is 33.8 Å². The largest absolute Gasteiger partial charge is 0.496 e. The highest BCUT2D eigenvalue weighted by molar-refractivity contribution is 9.10. The van der Waals surface area contributed by atoms with Gasteiger partial charge in [-0.3, -0.25) is 9.78 Å². The average molecular weight is 464 g/mol. The number of aromatic nitrogens is 3. The third-order valence-corrected chi connectivity index (χ3v) is 4.93. The number of pyridine rings is 1. The van der Waals surface area contributed by atoms with Crippen LogP contribution in [0.5, 0.6) is 5.75 Å². The Morgan fingerprint density at radius 3 is 2.83 bits per heavy atom. The number of nitrogens with zero attached hydrogens (tertiary/aromatic N) is 4. The minimum Gasteiger partial charge on any atom is -0.496 e. The minimum absolute atomic E-state index is 0.0549. The molecule has 0 saturated carbocycles. The number of carbonyl (C=O) groups excluding carboxylic acids is 1. The van der Waals surface area contributed by atoms with Gasteiger partial charge in [0.25, 0.3) is 5.91 Å². The normalized spacial score (nSPS) is 11.1. The summed E-state index contributed by atoms with van der Waals surface area (Å²) in [4.78, 5) is 21.6. The standard InChI is InChI=1S/C22H18BrN5O2/c1-30-20-10-9-16(23)12-15(20)13-25-27-21(29)14-28-19-8-3-2-6-17(19)26-22(28)18-7-4-5-11-24-18/h2-13H,14H2,1H3,(H,27,29). The number of rotatable bonds is 6. The van der Waals surface area contributed by atoms with Gasteiger partial charge in [0.2, 0.25) is 0 Å². The molecule has 0 saturated heterocycles. The molecule has 150 valence electrons. The molecule has 30 heavy (non-hydrogen) atoms. The molecule has 0 aliphatic heterocycles.